The molecule has 0 aromatic heterocycles. The zero-order valence-electron chi connectivity index (χ0n) is 11.3. The van der Waals surface area contributed by atoms with Crippen molar-refractivity contribution >= 4 is 23.5 Å². The Hall–Kier alpha value is -2.70. The van der Waals surface area contributed by atoms with E-state index in [1.54, 1.807) is 0 Å². The van der Waals surface area contributed by atoms with Gasteiger partial charge in [0.25, 0.3) is 11.8 Å². The van der Waals surface area contributed by atoms with E-state index in [-0.39, 0.29) is 35.5 Å². The molecular weight excluding hydrogens is 276 g/mol. The number of rotatable bonds is 5. The van der Waals surface area contributed by atoms with Crippen LogP contribution in [0.25, 0.3) is 0 Å². The average Bonchev–Trinajstić information content (AvgIpc) is 2.63. The molecule has 1 heterocycles. The van der Waals surface area contributed by atoms with Crippen molar-refractivity contribution in [2.45, 2.75) is 25.8 Å². The van der Waals surface area contributed by atoms with Crippen LogP contribution in [0, 0.1) is 0 Å². The molecule has 1 aliphatic rings. The van der Waals surface area contributed by atoms with Crippen molar-refractivity contribution in [2.24, 2.45) is 5.73 Å². The van der Waals surface area contributed by atoms with Crippen LogP contribution >= 0.6 is 0 Å². The number of amides is 3. The number of ketones is 1. The van der Waals surface area contributed by atoms with Crippen molar-refractivity contribution < 1.29 is 24.3 Å². The first-order valence-corrected chi connectivity index (χ1v) is 6.32. The fraction of sp³-hybridized carbons (Fsp3) is 0.286. The van der Waals surface area contributed by atoms with Gasteiger partial charge >= 0.3 is 0 Å². The Kier molecular flexibility index (Phi) is 3.75. The fourth-order valence-corrected chi connectivity index (χ4v) is 2.27. The molecule has 0 spiro atoms. The molecule has 0 saturated heterocycles. The normalized spacial score (nSPS) is 15.0. The van der Waals surface area contributed by atoms with Crippen molar-refractivity contribution in [2.75, 3.05) is 0 Å². The van der Waals surface area contributed by atoms with Crippen molar-refractivity contribution in [1.82, 2.24) is 4.90 Å². The highest BCUT2D eigenvalue weighted by molar-refractivity contribution is 6.23. The molecule has 7 heteroatoms. The van der Waals surface area contributed by atoms with Crippen LogP contribution < -0.4 is 5.73 Å². The summed E-state index contributed by atoms with van der Waals surface area (Å²) in [4.78, 5) is 47.8. The number of fused-ring (bicyclic) bond motifs is 1. The number of hydrogen-bond acceptors (Lipinski definition) is 5. The average molecular weight is 290 g/mol. The van der Waals surface area contributed by atoms with E-state index in [0.29, 0.717) is 0 Å². The molecule has 1 aromatic rings. The van der Waals surface area contributed by atoms with Crippen LogP contribution in [0.15, 0.2) is 18.2 Å². The Labute approximate surface area is 120 Å². The Bertz CT molecular complexity index is 653. The van der Waals surface area contributed by atoms with E-state index in [1.807, 2.05) is 0 Å². The van der Waals surface area contributed by atoms with Crippen LogP contribution in [-0.4, -0.2) is 39.6 Å². The highest BCUT2D eigenvalue weighted by atomic mass is 16.3. The summed E-state index contributed by atoms with van der Waals surface area (Å²) in [6.45, 7) is 1.35. The van der Waals surface area contributed by atoms with Gasteiger partial charge in [0.05, 0.1) is 11.1 Å². The smallest absolute Gasteiger partial charge is 0.262 e. The van der Waals surface area contributed by atoms with Crippen LogP contribution in [0.1, 0.15) is 40.5 Å². The molecule has 3 amide bonds. The number of hydrogen-bond donors (Lipinski definition) is 2. The first-order chi connectivity index (χ1) is 9.82. The van der Waals surface area contributed by atoms with Gasteiger partial charge in [0.1, 0.15) is 17.6 Å². The number of nitrogens with zero attached hydrogens (tertiary/aromatic N) is 1. The van der Waals surface area contributed by atoms with E-state index in [9.17, 15) is 24.3 Å². The highest BCUT2D eigenvalue weighted by Crippen LogP contribution is 2.28. The lowest BCUT2D eigenvalue weighted by atomic mass is 10.1. The molecule has 21 heavy (non-hydrogen) atoms. The molecule has 1 aliphatic heterocycles. The molecule has 0 fully saturated rings. The van der Waals surface area contributed by atoms with Gasteiger partial charge in [-0.05, 0) is 31.5 Å². The maximum Gasteiger partial charge on any atom is 0.262 e. The van der Waals surface area contributed by atoms with Crippen LogP contribution in [0.5, 0.6) is 5.75 Å². The molecule has 1 aromatic carbocycles. The summed E-state index contributed by atoms with van der Waals surface area (Å²) in [5, 5.41) is 9.39. The largest absolute Gasteiger partial charge is 0.508 e. The van der Waals surface area contributed by atoms with Gasteiger partial charge in [0.2, 0.25) is 5.91 Å². The second-order valence-electron chi connectivity index (χ2n) is 4.87. The summed E-state index contributed by atoms with van der Waals surface area (Å²) in [7, 11) is 0. The maximum absolute atomic E-state index is 12.3. The van der Waals surface area contributed by atoms with E-state index >= 15 is 0 Å². The topological polar surface area (TPSA) is 118 Å². The van der Waals surface area contributed by atoms with Crippen LogP contribution in [0.3, 0.4) is 0 Å². The number of phenolic OH excluding ortho intramolecular Hbond substituents is 1. The van der Waals surface area contributed by atoms with Crippen LogP contribution in [-0.2, 0) is 9.59 Å². The molecule has 7 nitrogen and oxygen atoms in total. The molecule has 1 atom stereocenters. The molecule has 1 unspecified atom stereocenters. The Morgan fingerprint density at radius 3 is 2.43 bits per heavy atom. The summed E-state index contributed by atoms with van der Waals surface area (Å²) in [5.74, 6) is -2.53. The molecule has 0 radical (unpaired) electrons. The zero-order chi connectivity index (χ0) is 15.7. The lowest BCUT2D eigenvalue weighted by Gasteiger charge is -2.22. The SMILES string of the molecule is CC(=O)CCC(C(N)=O)N1C(=O)c2ccc(O)cc2C1=O. The van der Waals surface area contributed by atoms with Crippen LogP contribution in [0.4, 0.5) is 0 Å². The number of carbonyl (C=O) groups excluding carboxylic acids is 4. The number of nitrogens with two attached hydrogens (primary N) is 1. The number of benzene rings is 1. The van der Waals surface area contributed by atoms with Gasteiger partial charge in [0, 0.05) is 6.42 Å². The second kappa shape index (κ2) is 5.35. The first kappa shape index (κ1) is 14.7. The minimum Gasteiger partial charge on any atom is -0.508 e. The lowest BCUT2D eigenvalue weighted by Crippen LogP contribution is -2.47. The number of aromatic hydroxyl groups is 1. The third-order valence-corrected chi connectivity index (χ3v) is 3.31. The van der Waals surface area contributed by atoms with Crippen molar-refractivity contribution in [3.8, 4) is 5.75 Å². The molecule has 3 N–H and O–H groups in total. The Morgan fingerprint density at radius 2 is 1.86 bits per heavy atom. The Balaban J connectivity index is 2.36. The van der Waals surface area contributed by atoms with Gasteiger partial charge < -0.3 is 15.6 Å². The third kappa shape index (κ3) is 2.62. The first-order valence-electron chi connectivity index (χ1n) is 6.32. The van der Waals surface area contributed by atoms with E-state index in [4.69, 9.17) is 5.73 Å². The predicted octanol–water partition coefficient (Wildman–Crippen LogP) is 0.211. The fourth-order valence-electron chi connectivity index (χ4n) is 2.27. The van der Waals surface area contributed by atoms with Gasteiger partial charge in [0.15, 0.2) is 0 Å². The molecule has 2 rings (SSSR count). The third-order valence-electron chi connectivity index (χ3n) is 3.31. The number of imide groups is 1. The monoisotopic (exact) mass is 290 g/mol. The standard InChI is InChI=1S/C14H14N2O5/c1-7(17)2-5-11(12(15)19)16-13(20)9-4-3-8(18)6-10(9)14(16)21/h3-4,6,11,18H,2,5H2,1H3,(H2,15,19). The van der Waals surface area contributed by atoms with E-state index in [0.717, 1.165) is 4.90 Å². The maximum atomic E-state index is 12.3. The summed E-state index contributed by atoms with van der Waals surface area (Å²) >= 11 is 0. The number of Topliss-reactive ketones (excluding diaryl/α,β-unsaturated/α-hetero) is 1. The molecular formula is C14H14N2O5. The van der Waals surface area contributed by atoms with E-state index < -0.39 is 23.8 Å². The lowest BCUT2D eigenvalue weighted by molar-refractivity contribution is -0.122. The summed E-state index contributed by atoms with van der Waals surface area (Å²) in [6, 6.07) is 2.58. The van der Waals surface area contributed by atoms with Gasteiger partial charge in [-0.15, -0.1) is 0 Å². The van der Waals surface area contributed by atoms with Crippen molar-refractivity contribution in [1.29, 1.82) is 0 Å². The minimum atomic E-state index is -1.18. The predicted molar refractivity (Wildman–Crippen MR) is 71.5 cm³/mol. The highest BCUT2D eigenvalue weighted by Gasteiger charge is 2.42. The molecule has 0 saturated carbocycles. The summed E-state index contributed by atoms with van der Waals surface area (Å²) in [6.07, 6.45) is 0.0222. The molecule has 0 aliphatic carbocycles. The van der Waals surface area contributed by atoms with Crippen molar-refractivity contribution in [3.05, 3.63) is 29.3 Å². The minimum absolute atomic E-state index is 0.0118. The van der Waals surface area contributed by atoms with Gasteiger partial charge in [-0.3, -0.25) is 19.3 Å². The van der Waals surface area contributed by atoms with Crippen LogP contribution in [0.2, 0.25) is 0 Å². The molecule has 110 valence electrons. The van der Waals surface area contributed by atoms with Gasteiger partial charge in [-0.2, -0.15) is 0 Å². The van der Waals surface area contributed by atoms with E-state index in [2.05, 4.69) is 0 Å². The number of primary amides is 1. The number of phenols is 1. The molecule has 0 bridgehead atoms. The quantitative estimate of drug-likeness (QED) is 0.752. The van der Waals surface area contributed by atoms with Crippen molar-refractivity contribution in [3.63, 3.8) is 0 Å². The van der Waals surface area contributed by atoms with Gasteiger partial charge in [-0.1, -0.05) is 0 Å². The summed E-state index contributed by atoms with van der Waals surface area (Å²) in [5.41, 5.74) is 5.37. The Morgan fingerprint density at radius 1 is 1.24 bits per heavy atom. The van der Waals surface area contributed by atoms with E-state index in [1.165, 1.54) is 25.1 Å². The summed E-state index contributed by atoms with van der Waals surface area (Å²) < 4.78 is 0. The number of carbonyl (C=O) groups is 4. The zero-order valence-corrected chi connectivity index (χ0v) is 11.3. The second-order valence-corrected chi connectivity index (χ2v) is 4.87. The van der Waals surface area contributed by atoms with Gasteiger partial charge in [-0.25, -0.2) is 0 Å².